The van der Waals surface area contributed by atoms with Crippen molar-refractivity contribution in [3.8, 4) is 0 Å². The van der Waals surface area contributed by atoms with Crippen LogP contribution in [0, 0.1) is 0 Å². The zero-order valence-electron chi connectivity index (χ0n) is 14.4. The van der Waals surface area contributed by atoms with E-state index in [2.05, 4.69) is 34.5 Å². The summed E-state index contributed by atoms with van der Waals surface area (Å²) in [5.74, 6) is 0. The van der Waals surface area contributed by atoms with Crippen molar-refractivity contribution in [1.82, 2.24) is 9.88 Å². The lowest BCUT2D eigenvalue weighted by atomic mass is 10.1. The van der Waals surface area contributed by atoms with Gasteiger partial charge in [0.25, 0.3) is 0 Å². The van der Waals surface area contributed by atoms with Crippen LogP contribution in [-0.4, -0.2) is 34.7 Å². The molecule has 0 bridgehead atoms. The molecule has 1 heterocycles. The van der Waals surface area contributed by atoms with Crippen molar-refractivity contribution in [2.24, 2.45) is 0 Å². The van der Waals surface area contributed by atoms with Gasteiger partial charge in [0.1, 0.15) is 11.1 Å². The molecule has 24 heavy (non-hydrogen) atoms. The van der Waals surface area contributed by atoms with Crippen LogP contribution in [0.5, 0.6) is 0 Å². The lowest BCUT2D eigenvalue weighted by molar-refractivity contribution is 0.0758. The number of nitrogens with zero attached hydrogens (tertiary/aromatic N) is 2. The lowest BCUT2D eigenvalue weighted by Gasteiger charge is -2.28. The number of hydrogen-bond donors (Lipinski definition) is 1. The van der Waals surface area contributed by atoms with E-state index < -0.39 is 0 Å². The minimum atomic E-state index is 0.0484. The molecular formula is C19H26N2O2S. The fourth-order valence-corrected chi connectivity index (χ4v) is 4.31. The maximum Gasteiger partial charge on any atom is 0.122 e. The van der Waals surface area contributed by atoms with Gasteiger partial charge in [0.15, 0.2) is 0 Å². The Balaban J connectivity index is 1.73. The molecular weight excluding hydrogens is 320 g/mol. The zero-order valence-corrected chi connectivity index (χ0v) is 15.3. The molecule has 1 aromatic heterocycles. The molecule has 1 N–H and O–H groups in total. The number of ether oxygens (including phenoxy) is 1. The highest BCUT2D eigenvalue weighted by atomic mass is 32.1. The second-order valence-electron chi connectivity index (χ2n) is 6.22. The van der Waals surface area contributed by atoms with Gasteiger partial charge in [-0.15, -0.1) is 11.3 Å². The van der Waals surface area contributed by atoms with Crippen LogP contribution < -0.4 is 0 Å². The molecule has 0 fully saturated rings. The van der Waals surface area contributed by atoms with Crippen LogP contribution in [-0.2, 0) is 17.7 Å². The molecule has 2 unspecified atom stereocenters. The third-order valence-corrected chi connectivity index (χ3v) is 5.68. The summed E-state index contributed by atoms with van der Waals surface area (Å²) in [6, 6.07) is 9.04. The largest absolute Gasteiger partial charge is 0.395 e. The van der Waals surface area contributed by atoms with Crippen molar-refractivity contribution in [3.05, 3.63) is 51.5 Å². The Morgan fingerprint density at radius 2 is 2.25 bits per heavy atom. The summed E-state index contributed by atoms with van der Waals surface area (Å²) in [6.45, 7) is 6.37. The maximum absolute atomic E-state index is 9.51. The molecule has 1 aromatic carbocycles. The summed E-state index contributed by atoms with van der Waals surface area (Å²) in [7, 11) is 0. The molecule has 2 atom stereocenters. The van der Waals surface area contributed by atoms with Crippen molar-refractivity contribution in [1.29, 1.82) is 0 Å². The molecule has 5 heteroatoms. The van der Waals surface area contributed by atoms with Gasteiger partial charge in [0, 0.05) is 31.1 Å². The third-order valence-electron chi connectivity index (χ3n) is 4.63. The van der Waals surface area contributed by atoms with E-state index in [0.717, 1.165) is 30.1 Å². The van der Waals surface area contributed by atoms with Gasteiger partial charge in [-0.05, 0) is 37.8 Å². The van der Waals surface area contributed by atoms with Gasteiger partial charge in [-0.25, -0.2) is 4.98 Å². The highest BCUT2D eigenvalue weighted by Crippen LogP contribution is 2.36. The molecule has 0 saturated heterocycles. The van der Waals surface area contributed by atoms with Crippen LogP contribution in [0.15, 0.2) is 29.6 Å². The number of aliphatic hydroxyl groups excluding tert-OH is 1. The standard InChI is InChI=1S/C19H26N2O2S/c1-3-23-14(2)19-20-16(13-24-19)12-21(10-11-22)18-9-8-15-6-4-5-7-17(15)18/h4-7,13-14,18,22H,3,8-12H2,1-2H3. The van der Waals surface area contributed by atoms with Crippen molar-refractivity contribution < 1.29 is 9.84 Å². The highest BCUT2D eigenvalue weighted by molar-refractivity contribution is 7.09. The fraction of sp³-hybridized carbons (Fsp3) is 0.526. The molecule has 4 nitrogen and oxygen atoms in total. The van der Waals surface area contributed by atoms with Gasteiger partial charge < -0.3 is 9.84 Å². The number of hydrogen-bond acceptors (Lipinski definition) is 5. The summed E-state index contributed by atoms with van der Waals surface area (Å²) >= 11 is 1.66. The van der Waals surface area contributed by atoms with Crippen LogP contribution >= 0.6 is 11.3 Å². The zero-order chi connectivity index (χ0) is 16.9. The Bertz CT molecular complexity index is 658. The van der Waals surface area contributed by atoms with Gasteiger partial charge in [-0.2, -0.15) is 0 Å². The number of aliphatic hydroxyl groups is 1. The van der Waals surface area contributed by atoms with Crippen molar-refractivity contribution in [2.45, 2.75) is 45.4 Å². The Hall–Kier alpha value is -1.27. The van der Waals surface area contributed by atoms with E-state index in [1.165, 1.54) is 11.1 Å². The predicted octanol–water partition coefficient (Wildman–Crippen LogP) is 3.72. The van der Waals surface area contributed by atoms with E-state index >= 15 is 0 Å². The first kappa shape index (κ1) is 17.5. The molecule has 0 aliphatic heterocycles. The van der Waals surface area contributed by atoms with E-state index in [-0.39, 0.29) is 12.7 Å². The second kappa shape index (κ2) is 8.21. The van der Waals surface area contributed by atoms with Crippen molar-refractivity contribution in [3.63, 3.8) is 0 Å². The first-order valence-corrected chi connectivity index (χ1v) is 9.59. The molecule has 130 valence electrons. The highest BCUT2D eigenvalue weighted by Gasteiger charge is 2.28. The van der Waals surface area contributed by atoms with E-state index in [4.69, 9.17) is 9.72 Å². The van der Waals surface area contributed by atoms with Gasteiger partial charge in [0.05, 0.1) is 12.3 Å². The first-order chi connectivity index (χ1) is 11.7. The van der Waals surface area contributed by atoms with Crippen molar-refractivity contribution in [2.75, 3.05) is 19.8 Å². The molecule has 0 radical (unpaired) electrons. The summed E-state index contributed by atoms with van der Waals surface area (Å²) in [4.78, 5) is 7.11. The minimum Gasteiger partial charge on any atom is -0.395 e. The number of aryl methyl sites for hydroxylation is 1. The van der Waals surface area contributed by atoms with Gasteiger partial charge in [-0.3, -0.25) is 4.90 Å². The first-order valence-electron chi connectivity index (χ1n) is 8.71. The molecule has 1 aliphatic rings. The second-order valence-corrected chi connectivity index (χ2v) is 7.11. The quantitative estimate of drug-likeness (QED) is 0.791. The van der Waals surface area contributed by atoms with Crippen LogP contribution in [0.25, 0.3) is 0 Å². The van der Waals surface area contributed by atoms with Gasteiger partial charge in [0.2, 0.25) is 0 Å². The molecule has 0 saturated carbocycles. The topological polar surface area (TPSA) is 45.6 Å². The van der Waals surface area contributed by atoms with E-state index in [9.17, 15) is 5.11 Å². The Labute approximate surface area is 148 Å². The molecule has 0 amide bonds. The third kappa shape index (κ3) is 3.86. The molecule has 1 aliphatic carbocycles. The fourth-order valence-electron chi connectivity index (χ4n) is 3.50. The maximum atomic E-state index is 9.51. The lowest BCUT2D eigenvalue weighted by Crippen LogP contribution is -2.30. The normalized spacial score (nSPS) is 18.1. The number of benzene rings is 1. The summed E-state index contributed by atoms with van der Waals surface area (Å²) in [5, 5.41) is 12.7. The number of thiazole rings is 1. The summed E-state index contributed by atoms with van der Waals surface area (Å²) in [6.07, 6.45) is 2.28. The van der Waals surface area contributed by atoms with Crippen LogP contribution in [0.1, 0.15) is 54.2 Å². The molecule has 2 aromatic rings. The number of fused-ring (bicyclic) bond motifs is 1. The van der Waals surface area contributed by atoms with Crippen LogP contribution in [0.3, 0.4) is 0 Å². The molecule has 0 spiro atoms. The monoisotopic (exact) mass is 346 g/mol. The number of aromatic nitrogens is 1. The summed E-state index contributed by atoms with van der Waals surface area (Å²) < 4.78 is 5.63. The van der Waals surface area contributed by atoms with Gasteiger partial charge in [-0.1, -0.05) is 24.3 Å². The van der Waals surface area contributed by atoms with E-state index in [0.29, 0.717) is 19.2 Å². The Morgan fingerprint density at radius 3 is 3.04 bits per heavy atom. The average Bonchev–Trinajstić information content (AvgIpc) is 3.21. The Kier molecular flexibility index (Phi) is 6.00. The van der Waals surface area contributed by atoms with Crippen LogP contribution in [0.4, 0.5) is 0 Å². The Morgan fingerprint density at radius 1 is 1.42 bits per heavy atom. The SMILES string of the molecule is CCOC(C)c1nc(CN(CCO)C2CCc3ccccc32)cs1. The number of rotatable bonds is 8. The van der Waals surface area contributed by atoms with Crippen LogP contribution in [0.2, 0.25) is 0 Å². The predicted molar refractivity (Wildman–Crippen MR) is 97.2 cm³/mol. The van der Waals surface area contributed by atoms with E-state index in [1.807, 2.05) is 13.8 Å². The molecule has 3 rings (SSSR count). The smallest absolute Gasteiger partial charge is 0.122 e. The van der Waals surface area contributed by atoms with Gasteiger partial charge >= 0.3 is 0 Å². The minimum absolute atomic E-state index is 0.0484. The average molecular weight is 346 g/mol. The summed E-state index contributed by atoms with van der Waals surface area (Å²) in [5.41, 5.74) is 3.91. The van der Waals surface area contributed by atoms with E-state index in [1.54, 1.807) is 11.3 Å². The van der Waals surface area contributed by atoms with Crippen molar-refractivity contribution >= 4 is 11.3 Å².